The molecule has 0 aliphatic heterocycles. The van der Waals surface area contributed by atoms with Gasteiger partial charge in [-0.15, -0.1) is 11.3 Å². The van der Waals surface area contributed by atoms with Gasteiger partial charge in [-0.25, -0.2) is 4.98 Å². The molecule has 0 saturated carbocycles. The second kappa shape index (κ2) is 6.32. The van der Waals surface area contributed by atoms with Gasteiger partial charge < -0.3 is 10.6 Å². The Kier molecular flexibility index (Phi) is 4.07. The minimum absolute atomic E-state index is 0.588. The zero-order valence-corrected chi connectivity index (χ0v) is 12.4. The van der Waals surface area contributed by atoms with Crippen molar-refractivity contribution < 1.29 is 0 Å². The molecule has 0 aliphatic carbocycles. The Hall–Kier alpha value is -2.47. The molecule has 0 bridgehead atoms. The van der Waals surface area contributed by atoms with Gasteiger partial charge in [0.25, 0.3) is 0 Å². The Balaban J connectivity index is 1.86. The Bertz CT molecular complexity index is 697. The number of aromatic nitrogens is 3. The van der Waals surface area contributed by atoms with Gasteiger partial charge in [-0.2, -0.15) is 4.98 Å². The number of hydrogen-bond acceptors (Lipinski definition) is 6. The summed E-state index contributed by atoms with van der Waals surface area (Å²) in [6.45, 7) is 0.754. The first-order valence-electron chi connectivity index (χ1n) is 6.58. The number of nitrogens with zero attached hydrogens (tertiary/aromatic N) is 3. The van der Waals surface area contributed by atoms with Crippen molar-refractivity contribution in [3.05, 3.63) is 53.0 Å². The van der Waals surface area contributed by atoms with Crippen LogP contribution in [-0.4, -0.2) is 22.0 Å². The predicted octanol–water partition coefficient (Wildman–Crippen LogP) is 3.25. The van der Waals surface area contributed by atoms with Gasteiger partial charge in [-0.1, -0.05) is 6.07 Å². The number of nitrogens with one attached hydrogen (secondary N) is 2. The molecule has 2 N–H and O–H groups in total. The van der Waals surface area contributed by atoms with Crippen LogP contribution in [0.2, 0.25) is 0 Å². The molecule has 0 spiro atoms. The van der Waals surface area contributed by atoms with E-state index in [9.17, 15) is 0 Å². The molecular weight excluding hydrogens is 282 g/mol. The first-order chi connectivity index (χ1) is 10.3. The van der Waals surface area contributed by atoms with Crippen LogP contribution in [0.25, 0.3) is 11.3 Å². The number of hydrogen-bond donors (Lipinski definition) is 2. The molecule has 3 aromatic heterocycles. The summed E-state index contributed by atoms with van der Waals surface area (Å²) in [6.07, 6.45) is 3.55. The largest absolute Gasteiger partial charge is 0.365 e. The Morgan fingerprint density at radius 1 is 1.19 bits per heavy atom. The van der Waals surface area contributed by atoms with Crippen LogP contribution in [0.1, 0.15) is 4.88 Å². The van der Waals surface area contributed by atoms with Gasteiger partial charge in [0.1, 0.15) is 5.82 Å². The topological polar surface area (TPSA) is 62.7 Å². The van der Waals surface area contributed by atoms with E-state index in [1.165, 1.54) is 4.88 Å². The highest BCUT2D eigenvalue weighted by Crippen LogP contribution is 2.21. The normalized spacial score (nSPS) is 10.3. The molecule has 6 heteroatoms. The first kappa shape index (κ1) is 13.5. The van der Waals surface area contributed by atoms with E-state index in [1.54, 1.807) is 23.7 Å². The average molecular weight is 297 g/mol. The van der Waals surface area contributed by atoms with Crippen molar-refractivity contribution >= 4 is 23.1 Å². The van der Waals surface area contributed by atoms with Crippen molar-refractivity contribution in [3.63, 3.8) is 0 Å². The fourth-order valence-electron chi connectivity index (χ4n) is 1.90. The van der Waals surface area contributed by atoms with E-state index >= 15 is 0 Å². The number of anilines is 2. The molecular formula is C15H15N5S. The lowest BCUT2D eigenvalue weighted by atomic mass is 10.2. The van der Waals surface area contributed by atoms with Gasteiger partial charge >= 0.3 is 0 Å². The number of thiophene rings is 1. The van der Waals surface area contributed by atoms with Gasteiger partial charge in [0.2, 0.25) is 5.95 Å². The molecule has 0 amide bonds. The summed E-state index contributed by atoms with van der Waals surface area (Å²) >= 11 is 1.72. The highest BCUT2D eigenvalue weighted by atomic mass is 32.1. The minimum Gasteiger partial charge on any atom is -0.365 e. The van der Waals surface area contributed by atoms with E-state index in [4.69, 9.17) is 0 Å². The number of pyridine rings is 1. The fourth-order valence-corrected chi connectivity index (χ4v) is 2.55. The molecule has 0 fully saturated rings. The molecule has 0 radical (unpaired) electrons. The second-order valence-electron chi connectivity index (χ2n) is 4.39. The standard InChI is InChI=1S/C15H15N5S/c1-16-15-19-13(11-4-2-6-17-9-11)8-14(20-15)18-10-12-5-3-7-21-12/h2-9H,10H2,1H3,(H2,16,18,19,20). The van der Waals surface area contributed by atoms with Crippen LogP contribution in [-0.2, 0) is 6.54 Å². The maximum atomic E-state index is 4.47. The van der Waals surface area contributed by atoms with Gasteiger partial charge in [0.15, 0.2) is 0 Å². The van der Waals surface area contributed by atoms with E-state index < -0.39 is 0 Å². The summed E-state index contributed by atoms with van der Waals surface area (Å²) < 4.78 is 0. The summed E-state index contributed by atoms with van der Waals surface area (Å²) in [4.78, 5) is 14.3. The zero-order chi connectivity index (χ0) is 14.5. The Morgan fingerprint density at radius 2 is 2.14 bits per heavy atom. The van der Waals surface area contributed by atoms with Crippen LogP contribution in [0.15, 0.2) is 48.1 Å². The van der Waals surface area contributed by atoms with Gasteiger partial charge in [0.05, 0.1) is 12.2 Å². The van der Waals surface area contributed by atoms with Crippen LogP contribution < -0.4 is 10.6 Å². The van der Waals surface area contributed by atoms with Crippen LogP contribution >= 0.6 is 11.3 Å². The Labute approximate surface area is 127 Å². The molecule has 0 atom stereocenters. The summed E-state index contributed by atoms with van der Waals surface area (Å²) in [6, 6.07) is 9.96. The third-order valence-corrected chi connectivity index (χ3v) is 3.81. The van der Waals surface area contributed by atoms with E-state index in [0.717, 1.165) is 23.6 Å². The maximum absolute atomic E-state index is 4.47. The molecule has 106 valence electrons. The lowest BCUT2D eigenvalue weighted by Gasteiger charge is -2.09. The lowest BCUT2D eigenvalue weighted by Crippen LogP contribution is -2.04. The summed E-state index contributed by atoms with van der Waals surface area (Å²) in [7, 11) is 1.81. The molecule has 0 unspecified atom stereocenters. The molecule has 3 aromatic rings. The zero-order valence-electron chi connectivity index (χ0n) is 11.6. The van der Waals surface area contributed by atoms with E-state index in [-0.39, 0.29) is 0 Å². The van der Waals surface area contributed by atoms with Crippen LogP contribution in [0.5, 0.6) is 0 Å². The molecule has 0 saturated heterocycles. The average Bonchev–Trinajstić information content (AvgIpc) is 3.07. The summed E-state index contributed by atoms with van der Waals surface area (Å²) in [5.74, 6) is 1.38. The Morgan fingerprint density at radius 3 is 2.86 bits per heavy atom. The van der Waals surface area contributed by atoms with Crippen molar-refractivity contribution in [3.8, 4) is 11.3 Å². The van der Waals surface area contributed by atoms with E-state index in [1.807, 2.05) is 31.3 Å². The summed E-state index contributed by atoms with van der Waals surface area (Å²) in [5, 5.41) is 8.39. The molecule has 5 nitrogen and oxygen atoms in total. The second-order valence-corrected chi connectivity index (χ2v) is 5.42. The monoisotopic (exact) mass is 297 g/mol. The molecule has 0 aliphatic rings. The number of rotatable bonds is 5. The van der Waals surface area contributed by atoms with Crippen molar-refractivity contribution in [1.82, 2.24) is 15.0 Å². The minimum atomic E-state index is 0.588. The lowest BCUT2D eigenvalue weighted by molar-refractivity contribution is 1.10. The highest BCUT2D eigenvalue weighted by molar-refractivity contribution is 7.09. The van der Waals surface area contributed by atoms with Crippen molar-refractivity contribution in [2.75, 3.05) is 17.7 Å². The molecule has 21 heavy (non-hydrogen) atoms. The molecule has 3 rings (SSSR count). The predicted molar refractivity (Wildman–Crippen MR) is 86.5 cm³/mol. The van der Waals surface area contributed by atoms with E-state index in [0.29, 0.717) is 5.95 Å². The maximum Gasteiger partial charge on any atom is 0.224 e. The van der Waals surface area contributed by atoms with Crippen molar-refractivity contribution in [2.45, 2.75) is 6.54 Å². The smallest absolute Gasteiger partial charge is 0.224 e. The van der Waals surface area contributed by atoms with Gasteiger partial charge in [-0.05, 0) is 23.6 Å². The van der Waals surface area contributed by atoms with Crippen LogP contribution in [0.3, 0.4) is 0 Å². The van der Waals surface area contributed by atoms with Crippen LogP contribution in [0.4, 0.5) is 11.8 Å². The molecule has 0 aromatic carbocycles. The molecule has 3 heterocycles. The van der Waals surface area contributed by atoms with Gasteiger partial charge in [0, 0.05) is 35.9 Å². The third-order valence-electron chi connectivity index (χ3n) is 2.93. The fraction of sp³-hybridized carbons (Fsp3) is 0.133. The van der Waals surface area contributed by atoms with Gasteiger partial charge in [-0.3, -0.25) is 4.98 Å². The van der Waals surface area contributed by atoms with Crippen LogP contribution in [0, 0.1) is 0 Å². The highest BCUT2D eigenvalue weighted by Gasteiger charge is 2.06. The quantitative estimate of drug-likeness (QED) is 0.757. The van der Waals surface area contributed by atoms with Crippen molar-refractivity contribution in [1.29, 1.82) is 0 Å². The first-order valence-corrected chi connectivity index (χ1v) is 7.46. The third kappa shape index (κ3) is 3.35. The summed E-state index contributed by atoms with van der Waals surface area (Å²) in [5.41, 5.74) is 1.81. The van der Waals surface area contributed by atoms with Crippen molar-refractivity contribution in [2.24, 2.45) is 0 Å². The van der Waals surface area contributed by atoms with E-state index in [2.05, 4.69) is 37.0 Å². The SMILES string of the molecule is CNc1nc(NCc2cccs2)cc(-c2cccnc2)n1.